The lowest BCUT2D eigenvalue weighted by molar-refractivity contribution is 0.161. The minimum Gasteiger partial charge on any atom is -0.385 e. The van der Waals surface area contributed by atoms with Gasteiger partial charge in [-0.15, -0.1) is 0 Å². The van der Waals surface area contributed by atoms with Gasteiger partial charge >= 0.3 is 0 Å². The molecule has 26 heavy (non-hydrogen) atoms. The SMILES string of the molecule is C[C@@H](O)c1nc2cnc3ccccc3c2n1C1CCN(CCC#N)CC1. The second-order valence-electron chi connectivity index (χ2n) is 7.01. The molecule has 1 N–H and O–H groups in total. The number of hydrogen-bond acceptors (Lipinski definition) is 5. The number of likely N-dealkylation sites (tertiary alicyclic amines) is 1. The Morgan fingerprint density at radius 3 is 2.77 bits per heavy atom. The Morgan fingerprint density at radius 1 is 1.27 bits per heavy atom. The van der Waals surface area contributed by atoms with Crippen molar-refractivity contribution in [1.82, 2.24) is 19.4 Å². The molecule has 0 radical (unpaired) electrons. The Balaban J connectivity index is 1.77. The molecule has 0 bridgehead atoms. The maximum atomic E-state index is 10.3. The number of imidazole rings is 1. The highest BCUT2D eigenvalue weighted by Crippen LogP contribution is 2.34. The Labute approximate surface area is 152 Å². The molecule has 1 aliphatic rings. The minimum absolute atomic E-state index is 0.300. The van der Waals surface area contributed by atoms with Crippen molar-refractivity contribution in [3.8, 4) is 6.07 Å². The number of para-hydroxylation sites is 1. The molecular weight excluding hydrogens is 326 g/mol. The molecule has 6 nitrogen and oxygen atoms in total. The van der Waals surface area contributed by atoms with Crippen LogP contribution in [-0.4, -0.2) is 44.2 Å². The summed E-state index contributed by atoms with van der Waals surface area (Å²) in [6.45, 7) is 4.54. The van der Waals surface area contributed by atoms with Crippen LogP contribution in [-0.2, 0) is 0 Å². The number of nitrogens with zero attached hydrogens (tertiary/aromatic N) is 5. The Bertz CT molecular complexity index is 963. The maximum absolute atomic E-state index is 10.3. The van der Waals surface area contributed by atoms with Crippen LogP contribution in [0.5, 0.6) is 0 Å². The number of rotatable bonds is 4. The van der Waals surface area contributed by atoms with Crippen LogP contribution in [0.4, 0.5) is 0 Å². The summed E-state index contributed by atoms with van der Waals surface area (Å²) >= 11 is 0. The molecule has 6 heteroatoms. The maximum Gasteiger partial charge on any atom is 0.138 e. The fraction of sp³-hybridized carbons (Fsp3) is 0.450. The van der Waals surface area contributed by atoms with Gasteiger partial charge in [-0.2, -0.15) is 5.26 Å². The fourth-order valence-corrected chi connectivity index (χ4v) is 4.02. The molecule has 1 atom stereocenters. The van der Waals surface area contributed by atoms with E-state index in [9.17, 15) is 5.11 Å². The van der Waals surface area contributed by atoms with Gasteiger partial charge < -0.3 is 14.6 Å². The van der Waals surface area contributed by atoms with Gasteiger partial charge in [0.1, 0.15) is 17.4 Å². The van der Waals surface area contributed by atoms with Gasteiger partial charge in [0.25, 0.3) is 0 Å². The van der Waals surface area contributed by atoms with E-state index in [0.29, 0.717) is 18.3 Å². The third kappa shape index (κ3) is 2.94. The van der Waals surface area contributed by atoms with Crippen LogP contribution < -0.4 is 0 Å². The molecule has 3 aromatic rings. The zero-order chi connectivity index (χ0) is 18.1. The molecule has 4 rings (SSSR count). The fourth-order valence-electron chi connectivity index (χ4n) is 4.02. The Morgan fingerprint density at radius 2 is 2.04 bits per heavy atom. The molecule has 0 saturated carbocycles. The van der Waals surface area contributed by atoms with E-state index in [-0.39, 0.29) is 0 Å². The van der Waals surface area contributed by atoms with Gasteiger partial charge in [0.05, 0.1) is 23.3 Å². The number of benzene rings is 1. The van der Waals surface area contributed by atoms with Crippen LogP contribution in [0.2, 0.25) is 0 Å². The van der Waals surface area contributed by atoms with E-state index in [1.54, 1.807) is 6.92 Å². The molecule has 1 aliphatic heterocycles. The lowest BCUT2D eigenvalue weighted by Crippen LogP contribution is -2.35. The average Bonchev–Trinajstić information content (AvgIpc) is 3.07. The second-order valence-corrected chi connectivity index (χ2v) is 7.01. The highest BCUT2D eigenvalue weighted by atomic mass is 16.3. The van der Waals surface area contributed by atoms with Crippen LogP contribution >= 0.6 is 0 Å². The summed E-state index contributed by atoms with van der Waals surface area (Å²) < 4.78 is 2.24. The van der Waals surface area contributed by atoms with Crippen molar-refractivity contribution in [2.24, 2.45) is 0 Å². The zero-order valence-corrected chi connectivity index (χ0v) is 15.0. The molecule has 0 aliphatic carbocycles. The number of nitriles is 1. The summed E-state index contributed by atoms with van der Waals surface area (Å²) in [7, 11) is 0. The van der Waals surface area contributed by atoms with E-state index >= 15 is 0 Å². The number of pyridine rings is 1. The third-order valence-corrected chi connectivity index (χ3v) is 5.29. The van der Waals surface area contributed by atoms with Gasteiger partial charge in [0, 0.05) is 37.5 Å². The van der Waals surface area contributed by atoms with Crippen LogP contribution in [0.15, 0.2) is 30.5 Å². The van der Waals surface area contributed by atoms with Crippen molar-refractivity contribution in [3.05, 3.63) is 36.3 Å². The number of aliphatic hydroxyl groups excluding tert-OH is 1. The summed E-state index contributed by atoms with van der Waals surface area (Å²) in [5, 5.41) is 20.2. The van der Waals surface area contributed by atoms with E-state index in [2.05, 4.69) is 26.6 Å². The van der Waals surface area contributed by atoms with E-state index in [1.165, 1.54) is 0 Å². The molecule has 1 fully saturated rings. The van der Waals surface area contributed by atoms with Crippen molar-refractivity contribution >= 4 is 21.9 Å². The first kappa shape index (κ1) is 17.0. The monoisotopic (exact) mass is 349 g/mol. The average molecular weight is 349 g/mol. The molecule has 3 heterocycles. The lowest BCUT2D eigenvalue weighted by Gasteiger charge is -2.33. The Hall–Kier alpha value is -2.49. The van der Waals surface area contributed by atoms with Gasteiger partial charge in [0.2, 0.25) is 0 Å². The number of aliphatic hydroxyl groups is 1. The number of piperidine rings is 1. The number of aromatic nitrogens is 3. The predicted molar refractivity (Wildman–Crippen MR) is 101 cm³/mol. The Kier molecular flexibility index (Phi) is 4.58. The molecule has 134 valence electrons. The van der Waals surface area contributed by atoms with Crippen molar-refractivity contribution in [1.29, 1.82) is 5.26 Å². The highest BCUT2D eigenvalue weighted by molar-refractivity contribution is 6.02. The summed E-state index contributed by atoms with van der Waals surface area (Å²) in [5.41, 5.74) is 2.86. The van der Waals surface area contributed by atoms with Gasteiger partial charge in [-0.05, 0) is 25.8 Å². The molecule has 0 unspecified atom stereocenters. The third-order valence-electron chi connectivity index (χ3n) is 5.29. The normalized spacial score (nSPS) is 17.6. The van der Waals surface area contributed by atoms with Gasteiger partial charge in [0.15, 0.2) is 0 Å². The van der Waals surface area contributed by atoms with Gasteiger partial charge in [-0.1, -0.05) is 18.2 Å². The van der Waals surface area contributed by atoms with Crippen LogP contribution in [0.1, 0.15) is 44.2 Å². The zero-order valence-electron chi connectivity index (χ0n) is 15.0. The topological polar surface area (TPSA) is 78.0 Å². The van der Waals surface area contributed by atoms with Crippen LogP contribution in [0, 0.1) is 11.3 Å². The quantitative estimate of drug-likeness (QED) is 0.783. The van der Waals surface area contributed by atoms with Crippen LogP contribution in [0.25, 0.3) is 21.9 Å². The molecule has 1 aromatic carbocycles. The summed E-state index contributed by atoms with van der Waals surface area (Å²) in [6, 6.07) is 10.6. The highest BCUT2D eigenvalue weighted by Gasteiger charge is 2.26. The molecule has 2 aromatic heterocycles. The summed E-state index contributed by atoms with van der Waals surface area (Å²) in [6.07, 6.45) is 3.74. The summed E-state index contributed by atoms with van der Waals surface area (Å²) in [4.78, 5) is 11.6. The second kappa shape index (κ2) is 7.02. The minimum atomic E-state index is -0.627. The van der Waals surface area contributed by atoms with E-state index in [0.717, 1.165) is 54.4 Å². The molecular formula is C20H23N5O. The smallest absolute Gasteiger partial charge is 0.138 e. The lowest BCUT2D eigenvalue weighted by atomic mass is 10.0. The summed E-state index contributed by atoms with van der Waals surface area (Å²) in [5.74, 6) is 0.716. The van der Waals surface area contributed by atoms with Crippen molar-refractivity contribution in [2.75, 3.05) is 19.6 Å². The largest absolute Gasteiger partial charge is 0.385 e. The first-order chi connectivity index (χ1) is 12.7. The van der Waals surface area contributed by atoms with E-state index in [1.807, 2.05) is 24.4 Å². The van der Waals surface area contributed by atoms with E-state index < -0.39 is 6.10 Å². The first-order valence-corrected chi connectivity index (χ1v) is 9.22. The molecule has 0 amide bonds. The van der Waals surface area contributed by atoms with Crippen molar-refractivity contribution < 1.29 is 5.11 Å². The number of fused-ring (bicyclic) bond motifs is 3. The standard InChI is InChI=1S/C20H23N5O/c1-14(26)20-23-18-13-22-17-6-3-2-5-16(17)19(18)25(20)15-7-11-24(12-8-15)10-4-9-21/h2-3,5-6,13-15,26H,4,7-8,10-12H2,1H3/t14-/m1/s1. The van der Waals surface area contributed by atoms with Gasteiger partial charge in [-0.3, -0.25) is 4.98 Å². The van der Waals surface area contributed by atoms with Crippen molar-refractivity contribution in [2.45, 2.75) is 38.3 Å². The number of hydrogen-bond donors (Lipinski definition) is 1. The van der Waals surface area contributed by atoms with Crippen LogP contribution in [0.3, 0.4) is 0 Å². The molecule has 0 spiro atoms. The van der Waals surface area contributed by atoms with E-state index in [4.69, 9.17) is 10.2 Å². The molecule has 1 saturated heterocycles. The first-order valence-electron chi connectivity index (χ1n) is 9.22. The van der Waals surface area contributed by atoms with Crippen molar-refractivity contribution in [3.63, 3.8) is 0 Å². The predicted octanol–water partition coefficient (Wildman–Crippen LogP) is 3.19. The van der Waals surface area contributed by atoms with Gasteiger partial charge in [-0.25, -0.2) is 4.98 Å².